The maximum Gasteiger partial charge on any atom is 0.311 e. The molecule has 1 amide bonds. The highest BCUT2D eigenvalue weighted by Gasteiger charge is 2.62. The molecule has 0 bridgehead atoms. The molecule has 10 heteroatoms. The summed E-state index contributed by atoms with van der Waals surface area (Å²) < 4.78 is 32.4. The monoisotopic (exact) mass is 550 g/mol. The van der Waals surface area contributed by atoms with Crippen LogP contribution in [0.25, 0.3) is 0 Å². The predicted molar refractivity (Wildman–Crippen MR) is 137 cm³/mol. The number of benzene rings is 2. The Labute approximate surface area is 221 Å². The zero-order valence-electron chi connectivity index (χ0n) is 19.9. The van der Waals surface area contributed by atoms with E-state index in [4.69, 9.17) is 27.9 Å². The zero-order valence-corrected chi connectivity index (χ0v) is 22.2. The summed E-state index contributed by atoms with van der Waals surface area (Å²) in [4.78, 5) is 27.9. The molecule has 0 N–H and O–H groups in total. The number of sulfonamides is 1. The molecule has 0 aliphatic carbocycles. The molecule has 2 aromatic rings. The van der Waals surface area contributed by atoms with E-state index in [0.29, 0.717) is 35.9 Å². The number of piperidine rings is 1. The second-order valence-corrected chi connectivity index (χ2v) is 12.8. The van der Waals surface area contributed by atoms with E-state index >= 15 is 0 Å². The Morgan fingerprint density at radius 3 is 2.39 bits per heavy atom. The van der Waals surface area contributed by atoms with Crippen molar-refractivity contribution >= 4 is 45.1 Å². The number of hydrogen-bond donors (Lipinski definition) is 0. The van der Waals surface area contributed by atoms with Gasteiger partial charge in [-0.25, -0.2) is 8.42 Å². The van der Waals surface area contributed by atoms with Crippen LogP contribution in [0.3, 0.4) is 0 Å². The van der Waals surface area contributed by atoms with Crippen LogP contribution in [0.15, 0.2) is 48.5 Å². The summed E-state index contributed by atoms with van der Waals surface area (Å²) in [5.41, 5.74) is 0.538. The van der Waals surface area contributed by atoms with Crippen molar-refractivity contribution < 1.29 is 22.7 Å². The Morgan fingerprint density at radius 1 is 1.08 bits per heavy atom. The van der Waals surface area contributed by atoms with E-state index in [1.807, 2.05) is 37.3 Å². The summed E-state index contributed by atoms with van der Waals surface area (Å²) in [7, 11) is -3.36. The van der Waals surface area contributed by atoms with E-state index in [1.54, 1.807) is 23.1 Å². The molecule has 2 aromatic carbocycles. The highest BCUT2D eigenvalue weighted by Crippen LogP contribution is 2.52. The first-order chi connectivity index (χ1) is 17.1. The fraction of sp³-hybridized carbons (Fsp3) is 0.462. The lowest BCUT2D eigenvalue weighted by atomic mass is 9.70. The summed E-state index contributed by atoms with van der Waals surface area (Å²) in [6.07, 6.45) is 1.43. The number of amides is 1. The molecule has 1 spiro atoms. The van der Waals surface area contributed by atoms with Crippen LogP contribution in [-0.2, 0) is 24.3 Å². The number of esters is 1. The minimum atomic E-state index is -3.36. The van der Waals surface area contributed by atoms with Crippen LogP contribution in [0.5, 0.6) is 0 Å². The van der Waals surface area contributed by atoms with Gasteiger partial charge in [0.15, 0.2) is 0 Å². The van der Waals surface area contributed by atoms with Crippen molar-refractivity contribution in [2.24, 2.45) is 0 Å². The van der Waals surface area contributed by atoms with Crippen molar-refractivity contribution in [2.75, 3.05) is 18.8 Å². The van der Waals surface area contributed by atoms with Crippen molar-refractivity contribution in [3.05, 3.63) is 69.7 Å². The quantitative estimate of drug-likeness (QED) is 0.492. The molecule has 192 valence electrons. The van der Waals surface area contributed by atoms with Gasteiger partial charge in [-0.2, -0.15) is 4.31 Å². The molecule has 3 aliphatic heterocycles. The first kappa shape index (κ1) is 25.5. The van der Waals surface area contributed by atoms with Gasteiger partial charge < -0.3 is 9.64 Å². The van der Waals surface area contributed by atoms with Crippen molar-refractivity contribution in [1.82, 2.24) is 9.21 Å². The smallest absolute Gasteiger partial charge is 0.311 e. The lowest BCUT2D eigenvalue weighted by Gasteiger charge is -2.54. The molecule has 3 heterocycles. The van der Waals surface area contributed by atoms with Crippen molar-refractivity contribution in [3.63, 3.8) is 0 Å². The van der Waals surface area contributed by atoms with Crippen molar-refractivity contribution in [3.8, 4) is 0 Å². The minimum absolute atomic E-state index is 0.00514. The van der Waals surface area contributed by atoms with Crippen LogP contribution >= 0.6 is 23.2 Å². The largest absolute Gasteiger partial charge is 0.448 e. The molecular weight excluding hydrogens is 523 g/mol. The van der Waals surface area contributed by atoms with E-state index in [0.717, 1.165) is 11.1 Å². The van der Waals surface area contributed by atoms with Crippen molar-refractivity contribution in [1.29, 1.82) is 0 Å². The molecule has 3 fully saturated rings. The average Bonchev–Trinajstić information content (AvgIpc) is 3.16. The molecule has 3 aliphatic rings. The fourth-order valence-corrected chi connectivity index (χ4v) is 7.70. The van der Waals surface area contributed by atoms with Crippen molar-refractivity contribution in [2.45, 2.75) is 56.2 Å². The molecule has 0 saturated carbocycles. The molecule has 36 heavy (non-hydrogen) atoms. The number of carbonyl (C=O) groups excluding carboxylic acids is 2. The van der Waals surface area contributed by atoms with Crippen LogP contribution in [-0.4, -0.2) is 60.0 Å². The maximum absolute atomic E-state index is 14.1. The lowest BCUT2D eigenvalue weighted by molar-refractivity contribution is -0.212. The van der Waals surface area contributed by atoms with Crippen LogP contribution < -0.4 is 0 Å². The number of nitrogens with zero attached hydrogens (tertiary/aromatic N) is 2. The Hall–Kier alpha value is -2.13. The van der Waals surface area contributed by atoms with E-state index in [1.165, 1.54) is 4.31 Å². The van der Waals surface area contributed by atoms with Crippen LogP contribution in [0.2, 0.25) is 10.0 Å². The van der Waals surface area contributed by atoms with Gasteiger partial charge in [-0.1, -0.05) is 54.4 Å². The van der Waals surface area contributed by atoms with Gasteiger partial charge in [0.1, 0.15) is 0 Å². The van der Waals surface area contributed by atoms with Crippen LogP contribution in [0.4, 0.5) is 0 Å². The number of likely N-dealkylation sites (tertiary alicyclic amines) is 1. The second kappa shape index (κ2) is 9.63. The number of hydrogen-bond acceptors (Lipinski definition) is 5. The number of halogens is 2. The van der Waals surface area contributed by atoms with E-state index in [9.17, 15) is 18.0 Å². The van der Waals surface area contributed by atoms with Gasteiger partial charge in [-0.05, 0) is 48.2 Å². The normalized spacial score (nSPS) is 28.7. The first-order valence-electron chi connectivity index (χ1n) is 12.2. The molecule has 4 atom stereocenters. The SMILES string of the molecule is CCC(CN1CCCS1(=O)=O)N1C(=O)C2(CC(=O)O2)CC(c2cccc(Cl)c2)C1c1ccc(Cl)cc1. The van der Waals surface area contributed by atoms with Gasteiger partial charge in [-0.3, -0.25) is 9.59 Å². The molecule has 5 rings (SSSR count). The Morgan fingerprint density at radius 2 is 1.81 bits per heavy atom. The molecular formula is C26H28Cl2N2O5S. The number of carbonyl (C=O) groups is 2. The molecule has 7 nitrogen and oxygen atoms in total. The summed E-state index contributed by atoms with van der Waals surface area (Å²) in [5, 5.41) is 1.15. The highest BCUT2D eigenvalue weighted by atomic mass is 35.5. The van der Waals surface area contributed by atoms with Crippen LogP contribution in [0, 0.1) is 0 Å². The Bertz CT molecular complexity index is 1280. The standard InChI is InChI=1S/C26H28Cl2N2O5S/c1-2-21(16-29-11-4-12-36(29,33)34)30-24(17-7-9-19(27)10-8-17)22(18-5-3-6-20(28)13-18)14-26(25(30)32)15-23(31)35-26/h3,5-10,13,21-22,24H,2,4,11-12,14-16H2,1H3. The van der Waals surface area contributed by atoms with Gasteiger partial charge in [0.05, 0.1) is 18.2 Å². The van der Waals surface area contributed by atoms with Crippen LogP contribution in [0.1, 0.15) is 55.7 Å². The van der Waals surface area contributed by atoms with Gasteiger partial charge in [-0.15, -0.1) is 0 Å². The third-order valence-corrected chi connectivity index (χ3v) is 9.97. The number of rotatable bonds is 6. The maximum atomic E-state index is 14.1. The third-order valence-electron chi connectivity index (χ3n) is 7.56. The van der Waals surface area contributed by atoms with E-state index in [-0.39, 0.29) is 30.5 Å². The fourth-order valence-electron chi connectivity index (χ4n) is 5.81. The minimum Gasteiger partial charge on any atom is -0.448 e. The van der Waals surface area contributed by atoms with Gasteiger partial charge in [0.2, 0.25) is 15.6 Å². The summed E-state index contributed by atoms with van der Waals surface area (Å²) in [5.74, 6) is -0.804. The second-order valence-electron chi connectivity index (χ2n) is 9.81. The Kier molecular flexibility index (Phi) is 6.83. The predicted octanol–water partition coefficient (Wildman–Crippen LogP) is 4.55. The topological polar surface area (TPSA) is 84.0 Å². The molecule has 3 saturated heterocycles. The van der Waals surface area contributed by atoms with Gasteiger partial charge in [0, 0.05) is 41.5 Å². The van der Waals surface area contributed by atoms with Gasteiger partial charge >= 0.3 is 5.97 Å². The molecule has 0 aromatic heterocycles. The summed E-state index contributed by atoms with van der Waals surface area (Å²) >= 11 is 12.6. The first-order valence-corrected chi connectivity index (χ1v) is 14.5. The summed E-state index contributed by atoms with van der Waals surface area (Å²) in [6, 6.07) is 14.0. The van der Waals surface area contributed by atoms with Gasteiger partial charge in [0.25, 0.3) is 5.91 Å². The third kappa shape index (κ3) is 4.53. The molecule has 0 radical (unpaired) electrons. The zero-order chi connectivity index (χ0) is 25.7. The lowest BCUT2D eigenvalue weighted by Crippen LogP contribution is -2.67. The van der Waals surface area contributed by atoms with E-state index < -0.39 is 33.7 Å². The summed E-state index contributed by atoms with van der Waals surface area (Å²) in [6.45, 7) is 2.58. The Balaban J connectivity index is 1.63. The average molecular weight is 551 g/mol. The molecule has 4 unspecified atom stereocenters. The number of ether oxygens (including phenoxy) is 1. The highest BCUT2D eigenvalue weighted by molar-refractivity contribution is 7.89. The van der Waals surface area contributed by atoms with E-state index in [2.05, 4.69) is 0 Å².